The van der Waals surface area contributed by atoms with Gasteiger partial charge in [-0.2, -0.15) is 0 Å². The van der Waals surface area contributed by atoms with Crippen LogP contribution in [-0.2, 0) is 0 Å². The molecular formula is C64H46N2. The summed E-state index contributed by atoms with van der Waals surface area (Å²) in [6.45, 7) is 0. The zero-order valence-electron chi connectivity index (χ0n) is 36.5. The maximum Gasteiger partial charge on any atom is 0.0629 e. The van der Waals surface area contributed by atoms with E-state index in [1.54, 1.807) is 0 Å². The van der Waals surface area contributed by atoms with Crippen LogP contribution in [0.3, 0.4) is 0 Å². The van der Waals surface area contributed by atoms with Crippen molar-refractivity contribution in [2.24, 2.45) is 0 Å². The molecule has 12 rings (SSSR count). The molecule has 2 unspecified atom stereocenters. The lowest BCUT2D eigenvalue weighted by molar-refractivity contribution is 0.745. The second-order valence-electron chi connectivity index (χ2n) is 17.2. The largest absolute Gasteiger partial charge is 0.333 e. The van der Waals surface area contributed by atoms with Gasteiger partial charge in [0.2, 0.25) is 0 Å². The van der Waals surface area contributed by atoms with Crippen LogP contribution in [-0.4, -0.2) is 6.04 Å². The predicted octanol–water partition coefficient (Wildman–Crippen LogP) is 17.4. The van der Waals surface area contributed by atoms with Gasteiger partial charge in [0.1, 0.15) is 0 Å². The molecule has 0 fully saturated rings. The Hall–Kier alpha value is -8.46. The number of hydrogen-bond acceptors (Lipinski definition) is 2. The van der Waals surface area contributed by atoms with Crippen molar-refractivity contribution >= 4 is 39.2 Å². The highest BCUT2D eigenvalue weighted by atomic mass is 15.2. The Morgan fingerprint density at radius 1 is 0.333 bits per heavy atom. The highest BCUT2D eigenvalue weighted by Gasteiger charge is 2.38. The van der Waals surface area contributed by atoms with E-state index >= 15 is 0 Å². The van der Waals surface area contributed by atoms with Gasteiger partial charge < -0.3 is 9.80 Å². The van der Waals surface area contributed by atoms with E-state index in [1.807, 2.05) is 0 Å². The molecule has 10 aromatic carbocycles. The number of nitrogens with zero attached hydrogens (tertiary/aromatic N) is 2. The highest BCUT2D eigenvalue weighted by molar-refractivity contribution is 6.00. The van der Waals surface area contributed by atoms with E-state index in [2.05, 4.69) is 277 Å². The number of anilines is 5. The van der Waals surface area contributed by atoms with Crippen LogP contribution >= 0.6 is 0 Å². The SMILES string of the molecule is C1=CC2c3ccccc3N(c3ccccc3-c3ccc(N(c4ccc(-c5ccccc5)cc4)c4ccc(-c5cccc6ccccc56)cc4-c4ccccc4)cc3-c3ccccc3)C2C=C1. The van der Waals surface area contributed by atoms with Crippen LogP contribution in [0.2, 0.25) is 0 Å². The van der Waals surface area contributed by atoms with Gasteiger partial charge in [-0.1, -0.05) is 218 Å². The molecule has 2 heteroatoms. The summed E-state index contributed by atoms with van der Waals surface area (Å²) in [5.41, 5.74) is 18.9. The van der Waals surface area contributed by atoms with E-state index in [0.29, 0.717) is 5.92 Å². The Balaban J connectivity index is 1.07. The minimum Gasteiger partial charge on any atom is -0.333 e. The molecule has 1 aliphatic heterocycles. The standard InChI is InChI=1S/C64H46N2/c1-4-19-45(20-5-1)46-35-38-51(39-36-46)65(64-42-37-50(43-60(64)49-23-8-3-9-24-49)54-31-18-26-47-25-10-11-27-53(47)54)52-40-41-55(59(44-52)48-21-6-2-7-22-48)56-28-12-15-32-61(56)66-62-33-16-13-29-57(62)58-30-14-17-34-63(58)66/h1-44,57,62H. The summed E-state index contributed by atoms with van der Waals surface area (Å²) in [5.74, 6) is 0.294. The fourth-order valence-corrected chi connectivity index (χ4v) is 10.3. The summed E-state index contributed by atoms with van der Waals surface area (Å²) in [4.78, 5) is 5.01. The van der Waals surface area contributed by atoms with E-state index < -0.39 is 0 Å². The third kappa shape index (κ3) is 7.01. The first-order chi connectivity index (χ1) is 32.8. The lowest BCUT2D eigenvalue weighted by Gasteiger charge is -2.32. The van der Waals surface area contributed by atoms with Crippen molar-refractivity contribution in [2.75, 3.05) is 9.80 Å². The number of benzene rings is 10. The zero-order chi connectivity index (χ0) is 43.8. The van der Waals surface area contributed by atoms with Crippen LogP contribution in [0.5, 0.6) is 0 Å². The molecule has 1 aliphatic carbocycles. The molecule has 2 atom stereocenters. The second-order valence-corrected chi connectivity index (χ2v) is 17.2. The van der Waals surface area contributed by atoms with Gasteiger partial charge in [-0.15, -0.1) is 0 Å². The average Bonchev–Trinajstić information content (AvgIpc) is 3.74. The molecule has 0 saturated heterocycles. The number of rotatable bonds is 9. The van der Waals surface area contributed by atoms with Crippen molar-refractivity contribution in [3.63, 3.8) is 0 Å². The first kappa shape index (κ1) is 39.2. The highest BCUT2D eigenvalue weighted by Crippen LogP contribution is 2.52. The van der Waals surface area contributed by atoms with Gasteiger partial charge in [-0.05, 0) is 109 Å². The van der Waals surface area contributed by atoms with Gasteiger partial charge in [0.05, 0.1) is 11.7 Å². The molecular weight excluding hydrogens is 797 g/mol. The van der Waals surface area contributed by atoms with Gasteiger partial charge in [-0.3, -0.25) is 0 Å². The third-order valence-corrected chi connectivity index (χ3v) is 13.4. The quantitative estimate of drug-likeness (QED) is 0.143. The van der Waals surface area contributed by atoms with E-state index in [9.17, 15) is 0 Å². The van der Waals surface area contributed by atoms with E-state index in [-0.39, 0.29) is 6.04 Å². The molecule has 0 amide bonds. The van der Waals surface area contributed by atoms with Crippen molar-refractivity contribution in [3.8, 4) is 55.6 Å². The molecule has 66 heavy (non-hydrogen) atoms. The molecule has 0 saturated carbocycles. The predicted molar refractivity (Wildman–Crippen MR) is 279 cm³/mol. The van der Waals surface area contributed by atoms with Crippen molar-refractivity contribution in [3.05, 3.63) is 273 Å². The first-order valence-corrected chi connectivity index (χ1v) is 22.9. The molecule has 0 bridgehead atoms. The van der Waals surface area contributed by atoms with Gasteiger partial charge in [0.15, 0.2) is 0 Å². The Morgan fingerprint density at radius 2 is 0.909 bits per heavy atom. The molecule has 1 heterocycles. The van der Waals surface area contributed by atoms with Gasteiger partial charge in [-0.25, -0.2) is 0 Å². The number of allylic oxidation sites excluding steroid dienone is 2. The van der Waals surface area contributed by atoms with Crippen molar-refractivity contribution in [1.82, 2.24) is 0 Å². The molecule has 10 aromatic rings. The fraction of sp³-hybridized carbons (Fsp3) is 0.0312. The fourth-order valence-electron chi connectivity index (χ4n) is 10.3. The van der Waals surface area contributed by atoms with Crippen LogP contribution in [0.15, 0.2) is 267 Å². The molecule has 0 spiro atoms. The normalized spacial score (nSPS) is 14.8. The number of fused-ring (bicyclic) bond motifs is 4. The molecule has 0 radical (unpaired) electrons. The van der Waals surface area contributed by atoms with Gasteiger partial charge >= 0.3 is 0 Å². The summed E-state index contributed by atoms with van der Waals surface area (Å²) < 4.78 is 0. The smallest absolute Gasteiger partial charge is 0.0629 e. The maximum absolute atomic E-state index is 2.56. The monoisotopic (exact) mass is 842 g/mol. The van der Waals surface area contributed by atoms with Crippen molar-refractivity contribution < 1.29 is 0 Å². The summed E-state index contributed by atoms with van der Waals surface area (Å²) in [7, 11) is 0. The molecule has 0 N–H and O–H groups in total. The van der Waals surface area contributed by atoms with Crippen LogP contribution in [0.1, 0.15) is 11.5 Å². The van der Waals surface area contributed by atoms with Crippen molar-refractivity contribution in [2.45, 2.75) is 12.0 Å². The van der Waals surface area contributed by atoms with Gasteiger partial charge in [0.25, 0.3) is 0 Å². The molecule has 312 valence electrons. The average molecular weight is 843 g/mol. The summed E-state index contributed by atoms with van der Waals surface area (Å²) in [5, 5.41) is 2.48. The van der Waals surface area contributed by atoms with Crippen molar-refractivity contribution in [1.29, 1.82) is 0 Å². The zero-order valence-corrected chi connectivity index (χ0v) is 36.5. The van der Waals surface area contributed by atoms with E-state index in [1.165, 1.54) is 72.2 Å². The lowest BCUT2D eigenvalue weighted by Crippen LogP contribution is -2.28. The molecule has 0 aromatic heterocycles. The summed E-state index contributed by atoms with van der Waals surface area (Å²) in [6, 6.07) is 88.9. The Bertz CT molecular complexity index is 3420. The number of hydrogen-bond donors (Lipinski definition) is 0. The van der Waals surface area contributed by atoms with Crippen LogP contribution < -0.4 is 9.80 Å². The van der Waals surface area contributed by atoms with E-state index in [4.69, 9.17) is 0 Å². The summed E-state index contributed by atoms with van der Waals surface area (Å²) in [6.07, 6.45) is 9.11. The third-order valence-electron chi connectivity index (χ3n) is 13.4. The topological polar surface area (TPSA) is 6.48 Å². The number of para-hydroxylation sites is 2. The van der Waals surface area contributed by atoms with Crippen LogP contribution in [0, 0.1) is 0 Å². The first-order valence-electron chi connectivity index (χ1n) is 22.9. The minimum absolute atomic E-state index is 0.190. The van der Waals surface area contributed by atoms with Crippen LogP contribution in [0.25, 0.3) is 66.4 Å². The maximum atomic E-state index is 2.56. The van der Waals surface area contributed by atoms with Crippen LogP contribution in [0.4, 0.5) is 28.4 Å². The Morgan fingerprint density at radius 3 is 1.70 bits per heavy atom. The van der Waals surface area contributed by atoms with E-state index in [0.717, 1.165) is 28.2 Å². The lowest BCUT2D eigenvalue weighted by atomic mass is 9.90. The Kier molecular flexibility index (Phi) is 10.0. The van der Waals surface area contributed by atoms with Gasteiger partial charge in [0, 0.05) is 39.8 Å². The molecule has 2 nitrogen and oxygen atoms in total. The minimum atomic E-state index is 0.190. The Labute approximate surface area is 387 Å². The summed E-state index contributed by atoms with van der Waals surface area (Å²) >= 11 is 0. The molecule has 2 aliphatic rings. The second kappa shape index (κ2) is 16.9.